The summed E-state index contributed by atoms with van der Waals surface area (Å²) in [6, 6.07) is 16.7. The lowest BCUT2D eigenvalue weighted by Gasteiger charge is -2.30. The Balaban J connectivity index is 1.26. The Morgan fingerprint density at radius 1 is 1.08 bits per heavy atom. The fraction of sp³-hybridized carbons (Fsp3) is 0.233. The first-order chi connectivity index (χ1) is 17.5. The molecule has 4 aromatic rings. The monoisotopic (exact) mass is 482 g/mol. The van der Waals surface area contributed by atoms with Gasteiger partial charge in [0, 0.05) is 53.4 Å². The normalized spacial score (nSPS) is 16.2. The summed E-state index contributed by atoms with van der Waals surface area (Å²) in [4.78, 5) is 15.6. The van der Waals surface area contributed by atoms with Crippen LogP contribution in [0.15, 0.2) is 66.6 Å². The highest BCUT2D eigenvalue weighted by molar-refractivity contribution is 6.15. The molecule has 2 aliphatic heterocycles. The van der Waals surface area contributed by atoms with Gasteiger partial charge in [-0.15, -0.1) is 0 Å². The summed E-state index contributed by atoms with van der Waals surface area (Å²) < 4.78 is 27.6. The van der Waals surface area contributed by atoms with E-state index in [1.165, 1.54) is 12.1 Å². The molecular weight excluding hydrogens is 455 g/mol. The molecule has 0 saturated carbocycles. The van der Waals surface area contributed by atoms with Crippen molar-refractivity contribution in [2.24, 2.45) is 0 Å². The van der Waals surface area contributed by atoms with Crippen molar-refractivity contribution < 1.29 is 18.7 Å². The molecule has 0 unspecified atom stereocenters. The van der Waals surface area contributed by atoms with Crippen LogP contribution in [-0.2, 0) is 19.5 Å². The Morgan fingerprint density at radius 3 is 2.69 bits per heavy atom. The van der Waals surface area contributed by atoms with Gasteiger partial charge in [0.1, 0.15) is 24.0 Å². The number of fused-ring (bicyclic) bond motifs is 3. The second-order valence-corrected chi connectivity index (χ2v) is 9.40. The van der Waals surface area contributed by atoms with Crippen LogP contribution in [0, 0.1) is 12.7 Å². The molecule has 0 aliphatic carbocycles. The van der Waals surface area contributed by atoms with Crippen LogP contribution in [0.4, 0.5) is 4.39 Å². The highest BCUT2D eigenvalue weighted by atomic mass is 19.1. The summed E-state index contributed by atoms with van der Waals surface area (Å²) in [7, 11) is 0. The van der Waals surface area contributed by atoms with Gasteiger partial charge in [0.2, 0.25) is 5.78 Å². The van der Waals surface area contributed by atoms with Crippen molar-refractivity contribution >= 4 is 22.8 Å². The average molecular weight is 483 g/mol. The summed E-state index contributed by atoms with van der Waals surface area (Å²) >= 11 is 0. The van der Waals surface area contributed by atoms with Crippen LogP contribution in [-0.4, -0.2) is 28.5 Å². The van der Waals surface area contributed by atoms with E-state index >= 15 is 0 Å². The standard InChI is InChI=1S/C30H27FN2O3/c1-3-33-17-21(24-6-4-5-7-26(24)33)15-27-28(34)25-14-22-16-32(13-12-20-8-10-23(31)11-9-20)18-35-29(22)19(2)30(25)36-27/h4-11,14-15,17H,3,12-13,16,18H2,1-2H3/b27-15-. The lowest BCUT2D eigenvalue weighted by molar-refractivity contribution is 0.0954. The van der Waals surface area contributed by atoms with Crippen LogP contribution >= 0.6 is 0 Å². The zero-order chi connectivity index (χ0) is 24.8. The van der Waals surface area contributed by atoms with Gasteiger partial charge in [-0.25, -0.2) is 4.39 Å². The Bertz CT molecular complexity index is 1520. The number of hydrogen-bond acceptors (Lipinski definition) is 4. The third-order valence-electron chi connectivity index (χ3n) is 7.08. The Kier molecular flexibility index (Phi) is 5.61. The molecule has 1 aromatic heterocycles. The van der Waals surface area contributed by atoms with Crippen LogP contribution in [0.5, 0.6) is 11.5 Å². The molecule has 36 heavy (non-hydrogen) atoms. The number of hydrogen-bond donors (Lipinski definition) is 0. The molecule has 0 saturated heterocycles. The van der Waals surface area contributed by atoms with E-state index in [-0.39, 0.29) is 11.6 Å². The van der Waals surface area contributed by atoms with Gasteiger partial charge >= 0.3 is 0 Å². The largest absolute Gasteiger partial charge is 0.477 e. The summed E-state index contributed by atoms with van der Waals surface area (Å²) in [5.74, 6) is 1.39. The number of aryl methyl sites for hydroxylation is 1. The van der Waals surface area contributed by atoms with E-state index in [0.29, 0.717) is 30.3 Å². The molecule has 0 N–H and O–H groups in total. The van der Waals surface area contributed by atoms with Gasteiger partial charge in [0.25, 0.3) is 0 Å². The predicted octanol–water partition coefficient (Wildman–Crippen LogP) is 6.12. The first-order valence-corrected chi connectivity index (χ1v) is 12.3. The third kappa shape index (κ3) is 3.88. The molecule has 0 fully saturated rings. The number of carbonyl (C=O) groups is 1. The Morgan fingerprint density at radius 2 is 1.89 bits per heavy atom. The van der Waals surface area contributed by atoms with Gasteiger partial charge in [-0.05, 0) is 56.2 Å². The number of carbonyl (C=O) groups excluding carboxylic acids is 1. The lowest BCUT2D eigenvalue weighted by atomic mass is 9.99. The molecule has 0 spiro atoms. The van der Waals surface area contributed by atoms with Crippen molar-refractivity contribution in [3.05, 3.63) is 100 Å². The van der Waals surface area contributed by atoms with Crippen molar-refractivity contribution in [2.75, 3.05) is 13.3 Å². The minimum absolute atomic E-state index is 0.104. The molecular formula is C30H27FN2O3. The van der Waals surface area contributed by atoms with Crippen molar-refractivity contribution in [1.29, 1.82) is 0 Å². The fourth-order valence-corrected chi connectivity index (χ4v) is 5.17. The smallest absolute Gasteiger partial charge is 0.231 e. The first-order valence-electron chi connectivity index (χ1n) is 12.3. The number of allylic oxidation sites excluding steroid dienone is 1. The zero-order valence-corrected chi connectivity index (χ0v) is 20.4. The molecule has 3 aromatic carbocycles. The van der Waals surface area contributed by atoms with Gasteiger partial charge < -0.3 is 14.0 Å². The number of Topliss-reactive ketones (excluding diaryl/α,β-unsaturated/α-hetero) is 1. The van der Waals surface area contributed by atoms with Gasteiger partial charge in [-0.1, -0.05) is 30.3 Å². The van der Waals surface area contributed by atoms with Crippen LogP contribution in [0.1, 0.15) is 39.5 Å². The van der Waals surface area contributed by atoms with E-state index < -0.39 is 0 Å². The highest BCUT2D eigenvalue weighted by Crippen LogP contribution is 2.43. The van der Waals surface area contributed by atoms with Gasteiger partial charge in [0.15, 0.2) is 5.76 Å². The van der Waals surface area contributed by atoms with E-state index in [0.717, 1.165) is 58.4 Å². The van der Waals surface area contributed by atoms with E-state index in [2.05, 4.69) is 34.7 Å². The Labute approximate surface area is 209 Å². The summed E-state index contributed by atoms with van der Waals surface area (Å²) in [5, 5.41) is 1.09. The van der Waals surface area contributed by atoms with Crippen LogP contribution in [0.2, 0.25) is 0 Å². The van der Waals surface area contributed by atoms with E-state index in [4.69, 9.17) is 9.47 Å². The highest BCUT2D eigenvalue weighted by Gasteiger charge is 2.33. The maximum Gasteiger partial charge on any atom is 0.231 e. The minimum Gasteiger partial charge on any atom is -0.477 e. The van der Waals surface area contributed by atoms with Crippen molar-refractivity contribution in [1.82, 2.24) is 9.47 Å². The molecule has 0 atom stereocenters. The molecule has 6 heteroatoms. The van der Waals surface area contributed by atoms with E-state index in [1.807, 2.05) is 43.3 Å². The average Bonchev–Trinajstić information content (AvgIpc) is 3.41. The molecule has 0 bridgehead atoms. The lowest BCUT2D eigenvalue weighted by Crippen LogP contribution is -2.34. The SMILES string of the molecule is CCn1cc(/C=C2\Oc3c(cc4c(c3C)OCN(CCc3ccc(F)cc3)C4)C2=O)c2ccccc21. The first kappa shape index (κ1) is 22.6. The number of ether oxygens (including phenoxy) is 2. The number of para-hydroxylation sites is 1. The second-order valence-electron chi connectivity index (χ2n) is 9.40. The number of halogens is 1. The van der Waals surface area contributed by atoms with Gasteiger partial charge in [-0.3, -0.25) is 9.69 Å². The number of benzene rings is 3. The quantitative estimate of drug-likeness (QED) is 0.322. The number of ketones is 1. The van der Waals surface area contributed by atoms with Crippen molar-refractivity contribution in [3.8, 4) is 11.5 Å². The van der Waals surface area contributed by atoms with E-state index in [1.54, 1.807) is 0 Å². The molecule has 3 heterocycles. The van der Waals surface area contributed by atoms with Gasteiger partial charge in [0.05, 0.1) is 5.56 Å². The summed E-state index contributed by atoms with van der Waals surface area (Å²) in [5.41, 5.74) is 5.60. The topological polar surface area (TPSA) is 43.7 Å². The number of aromatic nitrogens is 1. The summed E-state index contributed by atoms with van der Waals surface area (Å²) in [6.45, 7) is 6.82. The molecule has 0 amide bonds. The number of rotatable bonds is 5. The molecule has 2 aliphatic rings. The summed E-state index contributed by atoms with van der Waals surface area (Å²) in [6.07, 6.45) is 4.71. The molecule has 182 valence electrons. The Hall–Kier alpha value is -3.90. The molecule has 6 rings (SSSR count). The van der Waals surface area contributed by atoms with Crippen LogP contribution < -0.4 is 9.47 Å². The zero-order valence-electron chi connectivity index (χ0n) is 20.4. The van der Waals surface area contributed by atoms with Gasteiger partial charge in [-0.2, -0.15) is 0 Å². The third-order valence-corrected chi connectivity index (χ3v) is 7.08. The van der Waals surface area contributed by atoms with Crippen molar-refractivity contribution in [2.45, 2.75) is 33.4 Å². The number of nitrogens with zero attached hydrogens (tertiary/aromatic N) is 2. The molecule has 5 nitrogen and oxygen atoms in total. The van der Waals surface area contributed by atoms with Crippen molar-refractivity contribution in [3.63, 3.8) is 0 Å². The van der Waals surface area contributed by atoms with Crippen LogP contribution in [0.3, 0.4) is 0 Å². The molecule has 0 radical (unpaired) electrons. The second kappa shape index (κ2) is 8.95. The van der Waals surface area contributed by atoms with E-state index in [9.17, 15) is 9.18 Å². The maximum absolute atomic E-state index is 13.4. The van der Waals surface area contributed by atoms with Crippen LogP contribution in [0.25, 0.3) is 17.0 Å². The minimum atomic E-state index is -0.227. The predicted molar refractivity (Wildman–Crippen MR) is 138 cm³/mol. The fourth-order valence-electron chi connectivity index (χ4n) is 5.17. The maximum atomic E-state index is 13.4.